The highest BCUT2D eigenvalue weighted by atomic mass is 19.4. The van der Waals surface area contributed by atoms with Crippen LogP contribution in [0.2, 0.25) is 0 Å². The Balaban J connectivity index is 1.31. The molecule has 1 N–H and O–H groups in total. The lowest BCUT2D eigenvalue weighted by Crippen LogP contribution is -2.30. The number of nitrogens with one attached hydrogen (secondary N) is 1. The van der Waals surface area contributed by atoms with Crippen molar-refractivity contribution in [2.75, 3.05) is 6.61 Å². The van der Waals surface area contributed by atoms with Crippen LogP contribution in [0.15, 0.2) is 53.7 Å². The first kappa shape index (κ1) is 21.7. The number of alkyl halides is 3. The lowest BCUT2D eigenvalue weighted by atomic mass is 10.1. The zero-order valence-corrected chi connectivity index (χ0v) is 16.3. The number of hydrogen-bond acceptors (Lipinski definition) is 4. The van der Waals surface area contributed by atoms with Crippen molar-refractivity contribution in [2.45, 2.75) is 44.5 Å². The van der Waals surface area contributed by atoms with E-state index in [1.165, 1.54) is 12.1 Å². The lowest BCUT2D eigenvalue weighted by molar-refractivity contribution is -0.137. The van der Waals surface area contributed by atoms with E-state index in [-0.39, 0.29) is 19.1 Å². The van der Waals surface area contributed by atoms with Crippen LogP contribution in [0.3, 0.4) is 0 Å². The molecule has 1 fully saturated rings. The van der Waals surface area contributed by atoms with E-state index < -0.39 is 11.7 Å². The summed E-state index contributed by atoms with van der Waals surface area (Å²) < 4.78 is 43.0. The number of ether oxygens (including phenoxy) is 1. The number of carbonyl (C=O) groups is 1. The number of benzene rings is 2. The fraction of sp³-hybridized carbons (Fsp3) is 0.364. The molecule has 1 saturated carbocycles. The number of nitrogens with zero attached hydrogens (tertiary/aromatic N) is 1. The number of rotatable bonds is 10. The molecule has 3 rings (SSSR count). The topological polar surface area (TPSA) is 59.9 Å². The molecule has 0 heterocycles. The number of aryl methyl sites for hydroxylation is 1. The summed E-state index contributed by atoms with van der Waals surface area (Å²) in [6, 6.07) is 12.6. The summed E-state index contributed by atoms with van der Waals surface area (Å²) in [6.45, 7) is 0.119. The molecule has 0 aromatic heterocycles. The summed E-state index contributed by atoms with van der Waals surface area (Å²) in [5.41, 5.74) is 1.01. The fourth-order valence-corrected chi connectivity index (χ4v) is 2.64. The maximum absolute atomic E-state index is 12.5. The van der Waals surface area contributed by atoms with Crippen molar-refractivity contribution in [1.29, 1.82) is 0 Å². The zero-order chi connectivity index (χ0) is 21.4. The van der Waals surface area contributed by atoms with Crippen LogP contribution in [-0.2, 0) is 28.8 Å². The van der Waals surface area contributed by atoms with Crippen LogP contribution in [-0.4, -0.2) is 24.8 Å². The van der Waals surface area contributed by atoms with Crippen LogP contribution in [0, 0.1) is 0 Å². The predicted octanol–water partition coefficient (Wildman–Crippen LogP) is 4.50. The quantitative estimate of drug-likeness (QED) is 0.455. The summed E-state index contributed by atoms with van der Waals surface area (Å²) in [5.74, 6) is 0.535. The Morgan fingerprint density at radius 3 is 2.37 bits per heavy atom. The molecule has 0 unspecified atom stereocenters. The molecule has 5 nitrogen and oxygen atoms in total. The number of amides is 1. The monoisotopic (exact) mass is 420 g/mol. The second-order valence-corrected chi connectivity index (χ2v) is 7.07. The van der Waals surface area contributed by atoms with E-state index in [0.29, 0.717) is 23.8 Å². The van der Waals surface area contributed by atoms with Crippen molar-refractivity contribution in [3.8, 4) is 5.75 Å². The maximum atomic E-state index is 12.5. The van der Waals surface area contributed by atoms with Gasteiger partial charge in [-0.3, -0.25) is 4.79 Å². The molecular weight excluding hydrogens is 397 g/mol. The SMILES string of the molecule is O=C(COc1ccc(CCC=NOCc2ccc(C(F)(F)F)cc2)cc1)NC1CC1. The molecule has 0 aliphatic heterocycles. The van der Waals surface area contributed by atoms with Gasteiger partial charge in [-0.2, -0.15) is 13.2 Å². The van der Waals surface area contributed by atoms with Crippen LogP contribution >= 0.6 is 0 Å². The van der Waals surface area contributed by atoms with Crippen LogP contribution < -0.4 is 10.1 Å². The van der Waals surface area contributed by atoms with Gasteiger partial charge in [0.15, 0.2) is 6.61 Å². The van der Waals surface area contributed by atoms with E-state index in [9.17, 15) is 18.0 Å². The molecule has 1 amide bonds. The first-order valence-electron chi connectivity index (χ1n) is 9.71. The minimum atomic E-state index is -4.34. The van der Waals surface area contributed by atoms with E-state index in [1.54, 1.807) is 6.21 Å². The minimum absolute atomic E-state index is 0.0127. The van der Waals surface area contributed by atoms with E-state index >= 15 is 0 Å². The standard InChI is InChI=1S/C22H23F3N2O3/c23-22(24,25)18-7-3-17(4-8-18)14-30-26-13-1-2-16-5-11-20(12-6-16)29-15-21(28)27-19-9-10-19/h3-8,11-13,19H,1-2,9-10,14-15H2,(H,27,28). The van der Waals surface area contributed by atoms with Gasteiger partial charge in [-0.1, -0.05) is 29.4 Å². The Labute approximate surface area is 172 Å². The Hall–Kier alpha value is -3.03. The molecule has 160 valence electrons. The Morgan fingerprint density at radius 1 is 1.07 bits per heavy atom. The molecule has 0 saturated heterocycles. The summed E-state index contributed by atoms with van der Waals surface area (Å²) in [7, 11) is 0. The minimum Gasteiger partial charge on any atom is -0.484 e. The molecule has 0 spiro atoms. The van der Waals surface area contributed by atoms with E-state index in [1.807, 2.05) is 24.3 Å². The highest BCUT2D eigenvalue weighted by Gasteiger charge is 2.29. The van der Waals surface area contributed by atoms with Gasteiger partial charge in [0, 0.05) is 12.3 Å². The van der Waals surface area contributed by atoms with Crippen LogP contribution in [0.4, 0.5) is 13.2 Å². The predicted molar refractivity (Wildman–Crippen MR) is 106 cm³/mol. The first-order chi connectivity index (χ1) is 14.4. The number of carbonyl (C=O) groups excluding carboxylic acids is 1. The highest BCUT2D eigenvalue weighted by Crippen LogP contribution is 2.29. The molecule has 1 aliphatic carbocycles. The average molecular weight is 420 g/mol. The van der Waals surface area contributed by atoms with Crippen LogP contribution in [0.25, 0.3) is 0 Å². The van der Waals surface area contributed by atoms with Crippen molar-refractivity contribution in [1.82, 2.24) is 5.32 Å². The van der Waals surface area contributed by atoms with Crippen molar-refractivity contribution < 1.29 is 27.5 Å². The van der Waals surface area contributed by atoms with E-state index in [0.717, 1.165) is 37.0 Å². The third kappa shape index (κ3) is 7.42. The van der Waals surface area contributed by atoms with E-state index in [4.69, 9.17) is 9.57 Å². The third-order valence-corrected chi connectivity index (χ3v) is 4.46. The van der Waals surface area contributed by atoms with Crippen molar-refractivity contribution >= 4 is 12.1 Å². The normalized spacial score (nSPS) is 14.0. The van der Waals surface area contributed by atoms with Crippen molar-refractivity contribution in [3.05, 3.63) is 65.2 Å². The van der Waals surface area contributed by atoms with Gasteiger partial charge in [0.05, 0.1) is 5.56 Å². The number of oxime groups is 1. The van der Waals surface area contributed by atoms with Crippen molar-refractivity contribution in [2.24, 2.45) is 5.16 Å². The molecule has 2 aromatic rings. The summed E-state index contributed by atoms with van der Waals surface area (Å²) in [6.07, 6.45) is 0.767. The fourth-order valence-electron chi connectivity index (χ4n) is 2.64. The second kappa shape index (κ2) is 10.1. The highest BCUT2D eigenvalue weighted by molar-refractivity contribution is 5.78. The maximum Gasteiger partial charge on any atom is 0.416 e. The Kier molecular flexibility index (Phi) is 7.32. The molecule has 8 heteroatoms. The number of halogens is 3. The largest absolute Gasteiger partial charge is 0.484 e. The third-order valence-electron chi connectivity index (χ3n) is 4.46. The van der Waals surface area contributed by atoms with Gasteiger partial charge in [-0.05, 0) is 61.1 Å². The lowest BCUT2D eigenvalue weighted by Gasteiger charge is -2.07. The van der Waals surface area contributed by atoms with Gasteiger partial charge in [-0.15, -0.1) is 0 Å². The van der Waals surface area contributed by atoms with Gasteiger partial charge >= 0.3 is 6.18 Å². The summed E-state index contributed by atoms with van der Waals surface area (Å²) >= 11 is 0. The smallest absolute Gasteiger partial charge is 0.416 e. The van der Waals surface area contributed by atoms with Crippen molar-refractivity contribution in [3.63, 3.8) is 0 Å². The van der Waals surface area contributed by atoms with Gasteiger partial charge in [-0.25, -0.2) is 0 Å². The van der Waals surface area contributed by atoms with E-state index in [2.05, 4.69) is 10.5 Å². The zero-order valence-electron chi connectivity index (χ0n) is 16.3. The van der Waals surface area contributed by atoms with Gasteiger partial charge in [0.1, 0.15) is 12.4 Å². The molecule has 0 atom stereocenters. The number of hydrogen-bond donors (Lipinski definition) is 1. The summed E-state index contributed by atoms with van der Waals surface area (Å²) in [5, 5.41) is 6.70. The average Bonchev–Trinajstić information content (AvgIpc) is 3.53. The molecule has 2 aromatic carbocycles. The molecule has 1 aliphatic rings. The van der Waals surface area contributed by atoms with Crippen LogP contribution in [0.5, 0.6) is 5.75 Å². The first-order valence-corrected chi connectivity index (χ1v) is 9.71. The van der Waals surface area contributed by atoms with Gasteiger partial charge in [0.2, 0.25) is 0 Å². The van der Waals surface area contributed by atoms with Crippen LogP contribution in [0.1, 0.15) is 36.0 Å². The van der Waals surface area contributed by atoms with Gasteiger partial charge < -0.3 is 14.9 Å². The van der Waals surface area contributed by atoms with Gasteiger partial charge in [0.25, 0.3) is 5.91 Å². The second-order valence-electron chi connectivity index (χ2n) is 7.07. The Morgan fingerprint density at radius 2 is 1.73 bits per heavy atom. The summed E-state index contributed by atoms with van der Waals surface area (Å²) in [4.78, 5) is 16.7. The molecule has 30 heavy (non-hydrogen) atoms. The molecule has 0 radical (unpaired) electrons. The Bertz CT molecular complexity index is 845. The molecule has 0 bridgehead atoms. The molecular formula is C22H23F3N2O3.